The number of aromatic nitrogens is 3. The number of ether oxygens (including phenoxy) is 1. The molecule has 1 N–H and O–H groups in total. The van der Waals surface area contributed by atoms with E-state index >= 15 is 0 Å². The van der Waals surface area contributed by atoms with Gasteiger partial charge < -0.3 is 15.0 Å². The van der Waals surface area contributed by atoms with Gasteiger partial charge in [0.15, 0.2) is 0 Å². The highest BCUT2D eigenvalue weighted by atomic mass is 16.5. The number of rotatable bonds is 3. The van der Waals surface area contributed by atoms with E-state index in [0.717, 1.165) is 12.8 Å². The zero-order valence-corrected chi connectivity index (χ0v) is 13.3. The minimum atomic E-state index is -0.260. The van der Waals surface area contributed by atoms with Crippen molar-refractivity contribution in [1.29, 1.82) is 0 Å². The van der Waals surface area contributed by atoms with Gasteiger partial charge in [0.1, 0.15) is 0 Å². The molecule has 0 radical (unpaired) electrons. The first-order chi connectivity index (χ1) is 11.7. The predicted molar refractivity (Wildman–Crippen MR) is 87.5 cm³/mol. The summed E-state index contributed by atoms with van der Waals surface area (Å²) in [6.07, 6.45) is 8.41. The highest BCUT2D eigenvalue weighted by molar-refractivity contribution is 5.94. The molecule has 2 aliphatic rings. The first-order valence-corrected chi connectivity index (χ1v) is 8.11. The van der Waals surface area contributed by atoms with Gasteiger partial charge in [-0.3, -0.25) is 9.78 Å². The minimum absolute atomic E-state index is 0.0198. The van der Waals surface area contributed by atoms with Crippen LogP contribution in [0.5, 0.6) is 0 Å². The van der Waals surface area contributed by atoms with Crippen molar-refractivity contribution in [3.05, 3.63) is 48.5 Å². The molecule has 7 heteroatoms. The smallest absolute Gasteiger partial charge is 0.255 e. The number of hydrogen-bond acceptors (Lipinski definition) is 6. The monoisotopic (exact) mass is 325 g/mol. The zero-order chi connectivity index (χ0) is 16.4. The maximum atomic E-state index is 12.6. The van der Waals surface area contributed by atoms with Crippen LogP contribution >= 0.6 is 0 Å². The lowest BCUT2D eigenvalue weighted by Gasteiger charge is -2.23. The molecule has 4 rings (SSSR count). The van der Waals surface area contributed by atoms with Crippen molar-refractivity contribution in [3.63, 3.8) is 0 Å². The van der Waals surface area contributed by atoms with Crippen LogP contribution in [-0.4, -0.2) is 57.1 Å². The van der Waals surface area contributed by atoms with Crippen LogP contribution in [-0.2, 0) is 4.74 Å². The normalized spacial score (nSPS) is 26.0. The maximum absolute atomic E-state index is 12.6. The highest BCUT2D eigenvalue weighted by Gasteiger charge is 2.47. The van der Waals surface area contributed by atoms with Gasteiger partial charge in [0, 0.05) is 37.8 Å². The van der Waals surface area contributed by atoms with Gasteiger partial charge in [0.05, 0.1) is 30.4 Å². The molecule has 2 saturated heterocycles. The summed E-state index contributed by atoms with van der Waals surface area (Å²) in [5.41, 5.74) is 0.365. The molecule has 0 bridgehead atoms. The summed E-state index contributed by atoms with van der Waals surface area (Å²) in [7, 11) is 0. The molecule has 7 nitrogen and oxygen atoms in total. The molecule has 124 valence electrons. The second kappa shape index (κ2) is 6.16. The molecule has 2 aromatic rings. The maximum Gasteiger partial charge on any atom is 0.255 e. The summed E-state index contributed by atoms with van der Waals surface area (Å²) in [6, 6.07) is 5.54. The van der Waals surface area contributed by atoms with E-state index in [-0.39, 0.29) is 17.6 Å². The van der Waals surface area contributed by atoms with E-state index in [0.29, 0.717) is 31.2 Å². The van der Waals surface area contributed by atoms with Crippen molar-refractivity contribution in [1.82, 2.24) is 19.9 Å². The average molecular weight is 325 g/mol. The predicted octanol–water partition coefficient (Wildman–Crippen LogP) is 1.36. The van der Waals surface area contributed by atoms with Crippen molar-refractivity contribution in [3.8, 4) is 0 Å². The van der Waals surface area contributed by atoms with Gasteiger partial charge in [0.25, 0.3) is 5.91 Å². The third-order valence-corrected chi connectivity index (χ3v) is 4.62. The molecular formula is C17H19N5O2. The van der Waals surface area contributed by atoms with Gasteiger partial charge in [-0.15, -0.1) is 0 Å². The van der Waals surface area contributed by atoms with Gasteiger partial charge in [-0.2, -0.15) is 0 Å². The molecule has 4 heterocycles. The minimum Gasteiger partial charge on any atom is -0.371 e. The molecule has 0 aromatic carbocycles. The van der Waals surface area contributed by atoms with Crippen LogP contribution in [0.4, 0.5) is 5.95 Å². The van der Waals surface area contributed by atoms with Gasteiger partial charge in [-0.05, 0) is 24.6 Å². The number of amides is 1. The van der Waals surface area contributed by atoms with Crippen LogP contribution in [0.15, 0.2) is 43.0 Å². The van der Waals surface area contributed by atoms with E-state index in [2.05, 4.69) is 20.3 Å². The Morgan fingerprint density at radius 1 is 1.29 bits per heavy atom. The van der Waals surface area contributed by atoms with Crippen LogP contribution in [0.3, 0.4) is 0 Å². The topological polar surface area (TPSA) is 80.2 Å². The van der Waals surface area contributed by atoms with E-state index in [4.69, 9.17) is 4.74 Å². The van der Waals surface area contributed by atoms with Crippen molar-refractivity contribution in [2.45, 2.75) is 24.5 Å². The Morgan fingerprint density at radius 2 is 2.17 bits per heavy atom. The van der Waals surface area contributed by atoms with Gasteiger partial charge >= 0.3 is 0 Å². The van der Waals surface area contributed by atoms with Crippen LogP contribution in [0, 0.1) is 0 Å². The molecule has 2 aromatic heterocycles. The lowest BCUT2D eigenvalue weighted by atomic mass is 9.97. The van der Waals surface area contributed by atoms with Crippen LogP contribution in [0.25, 0.3) is 0 Å². The molecule has 1 amide bonds. The lowest BCUT2D eigenvalue weighted by Crippen LogP contribution is -2.36. The van der Waals surface area contributed by atoms with Crippen LogP contribution in [0.1, 0.15) is 23.2 Å². The number of anilines is 1. The molecule has 1 spiro atoms. The SMILES string of the molecule is O=C(c1cccnc1)N1CC[C@]2(C[C@H](Nc3ncccn3)CO2)C1. The largest absolute Gasteiger partial charge is 0.371 e. The molecule has 24 heavy (non-hydrogen) atoms. The summed E-state index contributed by atoms with van der Waals surface area (Å²) in [5, 5.41) is 3.31. The Balaban J connectivity index is 1.39. The number of likely N-dealkylation sites (tertiary alicyclic amines) is 1. The van der Waals surface area contributed by atoms with E-state index in [1.165, 1.54) is 0 Å². The Bertz CT molecular complexity index is 711. The summed E-state index contributed by atoms with van der Waals surface area (Å²) in [6.45, 7) is 1.93. The third-order valence-electron chi connectivity index (χ3n) is 4.62. The highest BCUT2D eigenvalue weighted by Crippen LogP contribution is 2.36. The van der Waals surface area contributed by atoms with Crippen molar-refractivity contribution >= 4 is 11.9 Å². The Kier molecular flexibility index (Phi) is 3.86. The molecule has 2 aliphatic heterocycles. The molecule has 0 aliphatic carbocycles. The average Bonchev–Trinajstić information content (AvgIpc) is 3.23. The molecule has 0 saturated carbocycles. The number of carbonyl (C=O) groups is 1. The fourth-order valence-corrected chi connectivity index (χ4v) is 3.47. The summed E-state index contributed by atoms with van der Waals surface area (Å²) in [4.78, 5) is 26.8. The number of hydrogen-bond donors (Lipinski definition) is 1. The van der Waals surface area contributed by atoms with Crippen molar-refractivity contribution in [2.24, 2.45) is 0 Å². The second-order valence-corrected chi connectivity index (χ2v) is 6.33. The zero-order valence-electron chi connectivity index (χ0n) is 13.3. The second-order valence-electron chi connectivity index (χ2n) is 6.33. The number of nitrogens with zero attached hydrogens (tertiary/aromatic N) is 4. The summed E-state index contributed by atoms with van der Waals surface area (Å²) >= 11 is 0. The van der Waals surface area contributed by atoms with Crippen molar-refractivity contribution in [2.75, 3.05) is 25.0 Å². The molecular weight excluding hydrogens is 306 g/mol. The first-order valence-electron chi connectivity index (χ1n) is 8.11. The Labute approximate surface area is 140 Å². The van der Waals surface area contributed by atoms with E-state index in [1.807, 2.05) is 4.90 Å². The van der Waals surface area contributed by atoms with E-state index in [1.54, 1.807) is 43.0 Å². The Hall–Kier alpha value is -2.54. The summed E-state index contributed by atoms with van der Waals surface area (Å²) in [5.74, 6) is 0.635. The van der Waals surface area contributed by atoms with E-state index in [9.17, 15) is 4.79 Å². The number of carbonyl (C=O) groups excluding carboxylic acids is 1. The van der Waals surface area contributed by atoms with Gasteiger partial charge in [0.2, 0.25) is 5.95 Å². The van der Waals surface area contributed by atoms with Gasteiger partial charge in [-0.25, -0.2) is 9.97 Å². The number of pyridine rings is 1. The standard InChI is InChI=1S/C17H19N5O2/c23-15(13-3-1-5-18-10-13)22-8-4-17(12-22)9-14(11-24-17)21-16-19-6-2-7-20-16/h1-3,5-7,10,14H,4,8-9,11-12H2,(H,19,20,21)/t14-,17-/m0/s1. The lowest BCUT2D eigenvalue weighted by molar-refractivity contribution is 0.0125. The fraction of sp³-hybridized carbons (Fsp3) is 0.412. The first kappa shape index (κ1) is 15.0. The quantitative estimate of drug-likeness (QED) is 0.918. The fourth-order valence-electron chi connectivity index (χ4n) is 3.47. The number of nitrogens with one attached hydrogen (secondary N) is 1. The van der Waals surface area contributed by atoms with E-state index < -0.39 is 0 Å². The summed E-state index contributed by atoms with van der Waals surface area (Å²) < 4.78 is 6.07. The van der Waals surface area contributed by atoms with Crippen LogP contribution in [0.2, 0.25) is 0 Å². The van der Waals surface area contributed by atoms with Crippen LogP contribution < -0.4 is 5.32 Å². The third kappa shape index (κ3) is 2.94. The molecule has 2 atom stereocenters. The molecule has 0 unspecified atom stereocenters. The van der Waals surface area contributed by atoms with Crippen molar-refractivity contribution < 1.29 is 9.53 Å². The Morgan fingerprint density at radius 3 is 2.96 bits per heavy atom. The molecule has 2 fully saturated rings. The van der Waals surface area contributed by atoms with Gasteiger partial charge in [-0.1, -0.05) is 0 Å².